The van der Waals surface area contributed by atoms with Gasteiger partial charge in [-0.25, -0.2) is 0 Å². The minimum absolute atomic E-state index is 0.0134. The molecule has 0 spiro atoms. The van der Waals surface area contributed by atoms with Crippen molar-refractivity contribution in [3.8, 4) is 0 Å². The number of amides is 6. The molecule has 0 aromatic rings. The van der Waals surface area contributed by atoms with E-state index in [1.807, 2.05) is 0 Å². The van der Waals surface area contributed by atoms with Crippen molar-refractivity contribution in [2.45, 2.75) is 68.9 Å². The highest BCUT2D eigenvalue weighted by molar-refractivity contribution is 8.77. The van der Waals surface area contributed by atoms with Crippen LogP contribution < -0.4 is 38.5 Å². The standard InChI is InChI=1S/C23H39N9O8S2/c1-11(33)32(4)14-10-41-42-23(2,3)17(18(24)37)31-20(39)13(8-16(35)36)29-15(34)9-28-19(38)12(30-21(14)40)6-5-7-27-22(25)26/h12-14,17H,5-10H2,1-4H3,(H2,24,37)(H,28,38)(H,29,34)(H,30,40)(H,31,39)(H,35,36)(H4,25,26,27)/t12-,13-,14+,17+/m1/s1. The number of primary amides is 1. The van der Waals surface area contributed by atoms with Crippen LogP contribution in [0.4, 0.5) is 0 Å². The Bertz CT molecular complexity index is 1080. The summed E-state index contributed by atoms with van der Waals surface area (Å²) in [5.74, 6) is -6.21. The Morgan fingerprint density at radius 3 is 2.21 bits per heavy atom. The number of hydrogen-bond donors (Lipinski definition) is 8. The topological polar surface area (TPSA) is 281 Å². The number of carbonyl (C=O) groups excluding carboxylic acids is 6. The Morgan fingerprint density at radius 1 is 1.02 bits per heavy atom. The van der Waals surface area contributed by atoms with Gasteiger partial charge in [0.05, 0.1) is 13.0 Å². The summed E-state index contributed by atoms with van der Waals surface area (Å²) in [7, 11) is 3.62. The number of likely N-dealkylation sites (N-methyl/N-ethyl adjacent to an activating group) is 1. The Balaban J connectivity index is 3.44. The first-order valence-electron chi connectivity index (χ1n) is 12.7. The molecule has 236 valence electrons. The Labute approximate surface area is 250 Å². The minimum Gasteiger partial charge on any atom is -0.481 e. The van der Waals surface area contributed by atoms with Crippen molar-refractivity contribution in [3.63, 3.8) is 0 Å². The van der Waals surface area contributed by atoms with Gasteiger partial charge in [0, 0.05) is 31.0 Å². The summed E-state index contributed by atoms with van der Waals surface area (Å²) in [5.41, 5.74) is 16.2. The van der Waals surface area contributed by atoms with Crippen LogP contribution in [0.5, 0.6) is 0 Å². The molecule has 1 rings (SSSR count). The molecule has 0 radical (unpaired) electrons. The lowest BCUT2D eigenvalue weighted by Gasteiger charge is -2.33. The van der Waals surface area contributed by atoms with Crippen LogP contribution in [0.25, 0.3) is 0 Å². The second-order valence-corrected chi connectivity index (χ2v) is 12.9. The molecule has 0 aromatic carbocycles. The van der Waals surface area contributed by atoms with Gasteiger partial charge in [-0.2, -0.15) is 0 Å². The van der Waals surface area contributed by atoms with Crippen LogP contribution in [-0.2, 0) is 33.6 Å². The number of carbonyl (C=O) groups is 7. The van der Waals surface area contributed by atoms with E-state index in [0.29, 0.717) is 0 Å². The Kier molecular flexibility index (Phi) is 14.4. The fourth-order valence-corrected chi connectivity index (χ4v) is 6.61. The van der Waals surface area contributed by atoms with Gasteiger partial charge >= 0.3 is 5.97 Å². The van der Waals surface area contributed by atoms with Crippen LogP contribution in [-0.4, -0.2) is 112 Å². The molecule has 11 N–H and O–H groups in total. The minimum atomic E-state index is -1.60. The first-order valence-corrected chi connectivity index (χ1v) is 15.1. The summed E-state index contributed by atoms with van der Waals surface area (Å²) in [4.78, 5) is 92.9. The van der Waals surface area contributed by atoms with Gasteiger partial charge in [0.1, 0.15) is 24.2 Å². The number of carboxylic acids is 1. The lowest BCUT2D eigenvalue weighted by molar-refractivity contribution is -0.141. The molecule has 19 heteroatoms. The Hall–Kier alpha value is -3.74. The van der Waals surface area contributed by atoms with E-state index in [0.717, 1.165) is 21.6 Å². The van der Waals surface area contributed by atoms with E-state index in [9.17, 15) is 38.7 Å². The number of carboxylic acid groups (broad SMARTS) is 1. The van der Waals surface area contributed by atoms with Crippen LogP contribution in [0.1, 0.15) is 40.0 Å². The molecule has 1 aliphatic rings. The summed E-state index contributed by atoms with van der Waals surface area (Å²) < 4.78 is -1.10. The summed E-state index contributed by atoms with van der Waals surface area (Å²) in [6.07, 6.45) is -0.489. The molecule has 1 saturated heterocycles. The molecule has 1 aliphatic heterocycles. The van der Waals surface area contributed by atoms with Gasteiger partial charge in [-0.15, -0.1) is 0 Å². The SMILES string of the molecule is CC(=O)N(C)[C@H]1CSSC(C)(C)[C@H](C(N)=O)NC(=O)[C@@H](CC(=O)O)NC(=O)CNC(=O)[C@@H](CCCN=C(N)N)NC1=O. The van der Waals surface area contributed by atoms with Crippen molar-refractivity contribution in [2.24, 2.45) is 22.2 Å². The third-order valence-corrected chi connectivity index (χ3v) is 9.35. The molecular weight excluding hydrogens is 594 g/mol. The molecule has 1 fully saturated rings. The van der Waals surface area contributed by atoms with Crippen molar-refractivity contribution in [3.05, 3.63) is 0 Å². The zero-order chi connectivity index (χ0) is 32.2. The third kappa shape index (κ3) is 12.0. The van der Waals surface area contributed by atoms with E-state index in [1.54, 1.807) is 13.8 Å². The molecule has 0 aromatic heterocycles. The van der Waals surface area contributed by atoms with Gasteiger partial charge in [0.2, 0.25) is 35.4 Å². The highest BCUT2D eigenvalue weighted by atomic mass is 33.1. The first kappa shape index (κ1) is 36.3. The van der Waals surface area contributed by atoms with Gasteiger partial charge < -0.3 is 48.5 Å². The molecule has 0 bridgehead atoms. The monoisotopic (exact) mass is 633 g/mol. The van der Waals surface area contributed by atoms with E-state index < -0.39 is 83.3 Å². The zero-order valence-electron chi connectivity index (χ0n) is 23.8. The van der Waals surface area contributed by atoms with Crippen LogP contribution in [0.2, 0.25) is 0 Å². The van der Waals surface area contributed by atoms with Crippen LogP contribution in [0.15, 0.2) is 4.99 Å². The maximum atomic E-state index is 13.4. The average molecular weight is 634 g/mol. The highest BCUT2D eigenvalue weighted by Gasteiger charge is 2.39. The maximum Gasteiger partial charge on any atom is 0.305 e. The van der Waals surface area contributed by atoms with Crippen LogP contribution >= 0.6 is 21.6 Å². The summed E-state index contributed by atoms with van der Waals surface area (Å²) >= 11 is 0. The summed E-state index contributed by atoms with van der Waals surface area (Å²) in [6, 6.07) is -5.13. The van der Waals surface area contributed by atoms with Crippen molar-refractivity contribution in [1.29, 1.82) is 0 Å². The summed E-state index contributed by atoms with van der Waals surface area (Å²) in [6.45, 7) is 3.93. The van der Waals surface area contributed by atoms with Gasteiger partial charge in [-0.3, -0.25) is 38.6 Å². The number of nitrogens with two attached hydrogens (primary N) is 3. The molecule has 0 aliphatic carbocycles. The van der Waals surface area contributed by atoms with E-state index in [1.165, 1.54) is 18.9 Å². The number of guanidine groups is 1. The van der Waals surface area contributed by atoms with Gasteiger partial charge in [-0.05, 0) is 26.7 Å². The number of hydrogen-bond acceptors (Lipinski definition) is 10. The molecule has 1 heterocycles. The molecule has 0 unspecified atom stereocenters. The zero-order valence-corrected chi connectivity index (χ0v) is 25.4. The fourth-order valence-electron chi connectivity index (χ4n) is 3.67. The predicted octanol–water partition coefficient (Wildman–Crippen LogP) is -3.41. The second-order valence-electron chi connectivity index (χ2n) is 9.91. The smallest absolute Gasteiger partial charge is 0.305 e. The number of nitrogens with one attached hydrogen (secondary N) is 4. The number of nitrogens with zero attached hydrogens (tertiary/aromatic N) is 2. The molecular formula is C23H39N9O8S2. The molecule has 4 atom stereocenters. The molecule has 17 nitrogen and oxygen atoms in total. The lowest BCUT2D eigenvalue weighted by Crippen LogP contribution is -2.59. The molecule has 6 amide bonds. The fraction of sp³-hybridized carbons (Fsp3) is 0.652. The van der Waals surface area contributed by atoms with Crippen LogP contribution in [0.3, 0.4) is 0 Å². The molecule has 0 saturated carbocycles. The number of rotatable bonds is 8. The lowest BCUT2D eigenvalue weighted by atomic mass is 10.0. The number of aliphatic carboxylic acids is 1. The van der Waals surface area contributed by atoms with Crippen molar-refractivity contribution in [2.75, 3.05) is 25.9 Å². The second kappa shape index (κ2) is 16.6. The normalized spacial score (nSPS) is 24.1. The third-order valence-electron chi connectivity index (χ3n) is 6.06. The quantitative estimate of drug-likeness (QED) is 0.0562. The largest absolute Gasteiger partial charge is 0.481 e. The van der Waals surface area contributed by atoms with E-state index in [4.69, 9.17) is 17.2 Å². The van der Waals surface area contributed by atoms with Crippen molar-refractivity contribution in [1.82, 2.24) is 26.2 Å². The van der Waals surface area contributed by atoms with Crippen molar-refractivity contribution >= 4 is 69.0 Å². The van der Waals surface area contributed by atoms with Crippen LogP contribution in [0, 0.1) is 0 Å². The van der Waals surface area contributed by atoms with E-state index >= 15 is 0 Å². The first-order chi connectivity index (χ1) is 19.5. The van der Waals surface area contributed by atoms with Crippen molar-refractivity contribution < 1.29 is 38.7 Å². The van der Waals surface area contributed by atoms with Gasteiger partial charge in [-0.1, -0.05) is 21.6 Å². The van der Waals surface area contributed by atoms with E-state index in [2.05, 4.69) is 26.3 Å². The van der Waals surface area contributed by atoms with E-state index in [-0.39, 0.29) is 31.1 Å². The average Bonchev–Trinajstić information content (AvgIpc) is 2.87. The Morgan fingerprint density at radius 2 is 1.67 bits per heavy atom. The highest BCUT2D eigenvalue weighted by Crippen LogP contribution is 2.39. The predicted molar refractivity (Wildman–Crippen MR) is 157 cm³/mol. The van der Waals surface area contributed by atoms with Gasteiger partial charge in [0.15, 0.2) is 5.96 Å². The summed E-state index contributed by atoms with van der Waals surface area (Å²) in [5, 5.41) is 18.9. The maximum absolute atomic E-state index is 13.4. The number of aliphatic imine (C=N–C) groups is 1. The van der Waals surface area contributed by atoms with Gasteiger partial charge in [0.25, 0.3) is 0 Å². The molecule has 42 heavy (non-hydrogen) atoms.